The maximum atomic E-state index is 15.6. The highest BCUT2D eigenvalue weighted by molar-refractivity contribution is 6.30. The van der Waals surface area contributed by atoms with Gasteiger partial charge in [-0.15, -0.1) is 34.5 Å². The molecule has 632 valence electrons. The van der Waals surface area contributed by atoms with Crippen molar-refractivity contribution in [2.24, 2.45) is 0 Å². The zero-order valence-electron chi connectivity index (χ0n) is 65.6. The van der Waals surface area contributed by atoms with Gasteiger partial charge >= 0.3 is 18.5 Å². The SMILES string of the molecule is CCN(C(=O)c1cc(F)cnc1-n1ncc(-c2cnc(-n3ncc(-c4cc(C(=O)N(CC)[C@@H](C)COc5ncc(C(F)(F)F)cc5F)c(-n5ncc(-c6cc(C(=O)N(CC)[C@@H](C)COc7cnc(C(F)(F)F)cn7)c(-n7nccn7)nc6C)n5)nc4C)n3)c(C(=O)N(CC)[C@@H](C)COc3ccc(C(F)(F)F)cn3)c2)n1)[C@@H](C)COc1ccc(Cl)cn1. The number of ether oxygens (including phenoxy) is 4. The molecule has 0 spiro atoms. The van der Waals surface area contributed by atoms with Crippen LogP contribution in [0.1, 0.15) is 125 Å². The molecular weight excluding hydrogens is 1640 g/mol. The van der Waals surface area contributed by atoms with Crippen LogP contribution in [0.3, 0.4) is 0 Å². The average Bonchev–Trinajstić information content (AvgIpc) is 1.68. The van der Waals surface area contributed by atoms with Gasteiger partial charge in [0.1, 0.15) is 49.3 Å². The van der Waals surface area contributed by atoms with Crippen LogP contribution < -0.4 is 18.9 Å². The Morgan fingerprint density at radius 1 is 0.413 bits per heavy atom. The summed E-state index contributed by atoms with van der Waals surface area (Å²) in [7, 11) is 0. The molecule has 0 fully saturated rings. The predicted molar refractivity (Wildman–Crippen MR) is 404 cm³/mol. The number of aryl methyl sites for hydroxylation is 2. The molecule has 0 bridgehead atoms. The van der Waals surface area contributed by atoms with Gasteiger partial charge < -0.3 is 38.5 Å². The minimum atomic E-state index is -4.94. The number of alkyl halides is 9. The van der Waals surface area contributed by atoms with Crippen molar-refractivity contribution in [2.75, 3.05) is 52.6 Å². The molecule has 4 atom stereocenters. The van der Waals surface area contributed by atoms with E-state index < -0.39 is 107 Å². The first-order chi connectivity index (χ1) is 57.5. The fourth-order valence-corrected chi connectivity index (χ4v) is 12.6. The fourth-order valence-electron chi connectivity index (χ4n) is 12.5. The molecule has 12 rings (SSSR count). The van der Waals surface area contributed by atoms with E-state index in [0.717, 1.165) is 49.8 Å². The number of amides is 4. The Labute approximate surface area is 684 Å². The number of halogens is 12. The first-order valence-electron chi connectivity index (χ1n) is 36.9. The molecule has 121 heavy (non-hydrogen) atoms. The number of carbonyl (C=O) groups excluding carboxylic acids is 4. The van der Waals surface area contributed by atoms with E-state index in [4.69, 9.17) is 55.7 Å². The van der Waals surface area contributed by atoms with E-state index in [9.17, 15) is 49.1 Å². The fraction of sp³-hybridized carbons (Fsp3) is 0.329. The summed E-state index contributed by atoms with van der Waals surface area (Å²) in [5, 5.41) is 36.5. The van der Waals surface area contributed by atoms with Crippen LogP contribution >= 0.6 is 11.6 Å². The lowest BCUT2D eigenvalue weighted by atomic mass is 10.1. The van der Waals surface area contributed by atoms with Gasteiger partial charge in [-0.3, -0.25) is 19.2 Å². The lowest BCUT2D eigenvalue weighted by Crippen LogP contribution is -2.42. The number of hydrogen-bond donors (Lipinski definition) is 0. The van der Waals surface area contributed by atoms with Gasteiger partial charge in [-0.1, -0.05) is 11.6 Å². The summed E-state index contributed by atoms with van der Waals surface area (Å²) in [4.78, 5) is 107. The monoisotopic (exact) mass is 1710 g/mol. The van der Waals surface area contributed by atoms with E-state index in [2.05, 4.69) is 60.5 Å². The van der Waals surface area contributed by atoms with Crippen molar-refractivity contribution in [1.29, 1.82) is 0 Å². The average molecular weight is 1710 g/mol. The minimum Gasteiger partial charge on any atom is -0.475 e. The molecule has 0 aliphatic carbocycles. The van der Waals surface area contributed by atoms with E-state index >= 15 is 18.4 Å². The van der Waals surface area contributed by atoms with Crippen LogP contribution in [0.2, 0.25) is 5.02 Å². The topological polar surface area (TPSA) is 357 Å². The van der Waals surface area contributed by atoms with E-state index in [-0.39, 0.29) is 160 Å². The second-order valence-corrected chi connectivity index (χ2v) is 27.4. The maximum Gasteiger partial charge on any atom is 0.434 e. The van der Waals surface area contributed by atoms with Crippen LogP contribution in [-0.2, 0) is 18.5 Å². The van der Waals surface area contributed by atoms with Crippen LogP contribution in [0.4, 0.5) is 48.3 Å². The Balaban J connectivity index is 0.914. The van der Waals surface area contributed by atoms with Crippen molar-refractivity contribution in [3.05, 3.63) is 196 Å². The Morgan fingerprint density at radius 3 is 1.28 bits per heavy atom. The zero-order valence-corrected chi connectivity index (χ0v) is 66.3. The second kappa shape index (κ2) is 36.3. The first kappa shape index (κ1) is 86.6. The molecular formula is C76H71ClF11N25O8. The van der Waals surface area contributed by atoms with E-state index in [1.165, 1.54) is 88.1 Å². The molecule has 12 aromatic rings. The normalized spacial score (nSPS) is 12.8. The molecule has 0 unspecified atom stereocenters. The molecule has 12 aromatic heterocycles. The highest BCUT2D eigenvalue weighted by Gasteiger charge is 2.38. The van der Waals surface area contributed by atoms with Gasteiger partial charge in [-0.25, -0.2) is 53.6 Å². The summed E-state index contributed by atoms with van der Waals surface area (Å²) < 4.78 is 175. The number of pyridine rings is 7. The van der Waals surface area contributed by atoms with Crippen LogP contribution in [0, 0.1) is 25.5 Å². The van der Waals surface area contributed by atoms with E-state index in [0.29, 0.717) is 23.6 Å². The Morgan fingerprint density at radius 2 is 0.835 bits per heavy atom. The smallest absolute Gasteiger partial charge is 0.434 e. The van der Waals surface area contributed by atoms with Gasteiger partial charge in [-0.2, -0.15) is 65.0 Å². The van der Waals surface area contributed by atoms with Gasteiger partial charge in [-0.05, 0) is 112 Å². The molecule has 0 saturated heterocycles. The summed E-state index contributed by atoms with van der Waals surface area (Å²) in [5.74, 6) is -6.82. The van der Waals surface area contributed by atoms with Crippen molar-refractivity contribution in [1.82, 2.24) is 124 Å². The zero-order chi connectivity index (χ0) is 87.1. The third-order valence-corrected chi connectivity index (χ3v) is 19.0. The van der Waals surface area contributed by atoms with Gasteiger partial charge in [0.25, 0.3) is 23.6 Å². The van der Waals surface area contributed by atoms with E-state index in [1.54, 1.807) is 74.4 Å². The number of carbonyl (C=O) groups is 4. The molecule has 0 aliphatic heterocycles. The minimum absolute atomic E-state index is 0.00595. The summed E-state index contributed by atoms with van der Waals surface area (Å²) in [5.41, 5.74) is -3.48. The first-order valence-corrected chi connectivity index (χ1v) is 37.3. The maximum absolute atomic E-state index is 15.6. The number of likely N-dealkylation sites (N-methyl/N-ethyl adjacent to an activating group) is 4. The molecule has 0 radical (unpaired) electrons. The standard InChI is InChI=1S/C76H71ClF11N25O8/c1-11-106(40(5)36-118-62-17-15-47(27-90-62)74(80,81)82)70(114)53-21-46(58-31-98-111(103-58)66-54(23-50(78)30-94-66)71(115)107(12-2)41(6)37-119-63-18-16-49(77)29-91-63)26-93-65(53)112-99-32-59(104-112)52-25-56(73(117)109(14-4)43(8)39-121-69-57(79)22-48(28-95-69)75(83,84)85)68(102-45(52)10)113-100-33-60(105-113)51-24-55(67(101-44(51)9)110-96-19-20-97-110)72(116)108(13-3)42(7)38-120-64-35-89-61(34-92-64)76(86,87)88/h15-35,40-43H,11-14,36-39H2,1-10H3/t40-,41-,42-,43-/m0/s1. The summed E-state index contributed by atoms with van der Waals surface area (Å²) in [6.07, 6.45) is -2.02. The molecule has 0 aliphatic rings. The molecule has 45 heteroatoms. The molecule has 12 heterocycles. The molecule has 0 aromatic carbocycles. The number of hydrogen-bond acceptors (Lipinski definition) is 25. The van der Waals surface area contributed by atoms with Crippen molar-refractivity contribution in [2.45, 2.75) is 112 Å². The molecule has 4 amide bonds. The lowest BCUT2D eigenvalue weighted by molar-refractivity contribution is -0.141. The largest absolute Gasteiger partial charge is 0.475 e. The molecule has 0 N–H and O–H groups in total. The number of rotatable bonds is 31. The van der Waals surface area contributed by atoms with Gasteiger partial charge in [0.15, 0.2) is 34.8 Å². The second-order valence-electron chi connectivity index (χ2n) is 26.9. The Bertz CT molecular complexity index is 5730. The van der Waals surface area contributed by atoms with Gasteiger partial charge in [0.05, 0.1) is 112 Å². The summed E-state index contributed by atoms with van der Waals surface area (Å²) >= 11 is 6.00. The highest BCUT2D eigenvalue weighted by atomic mass is 35.5. The van der Waals surface area contributed by atoms with Crippen LogP contribution in [0.5, 0.6) is 23.5 Å². The van der Waals surface area contributed by atoms with Crippen LogP contribution in [0.15, 0.2) is 129 Å². The van der Waals surface area contributed by atoms with Gasteiger partial charge in [0, 0.05) is 91.2 Å². The van der Waals surface area contributed by atoms with Gasteiger partial charge in [0.2, 0.25) is 23.5 Å². The predicted octanol–water partition coefficient (Wildman–Crippen LogP) is 11.9. The Hall–Kier alpha value is -13.7. The van der Waals surface area contributed by atoms with E-state index in [1.807, 2.05) is 0 Å². The summed E-state index contributed by atoms with van der Waals surface area (Å²) in [6, 6.07) is 7.10. The number of aromatic nitrogens is 21. The summed E-state index contributed by atoms with van der Waals surface area (Å²) in [6.45, 7) is 15.2. The van der Waals surface area contributed by atoms with Crippen LogP contribution in [0.25, 0.3) is 57.0 Å². The lowest BCUT2D eigenvalue weighted by Gasteiger charge is -2.28. The van der Waals surface area contributed by atoms with Crippen LogP contribution in [-0.4, -0.2) is 225 Å². The van der Waals surface area contributed by atoms with Crippen molar-refractivity contribution < 1.29 is 86.4 Å². The van der Waals surface area contributed by atoms with Crippen molar-refractivity contribution in [3.63, 3.8) is 0 Å². The quantitative estimate of drug-likeness (QED) is 0.0364. The third-order valence-electron chi connectivity index (χ3n) is 18.7. The molecule has 33 nitrogen and oxygen atoms in total. The highest BCUT2D eigenvalue weighted by Crippen LogP contribution is 2.36. The van der Waals surface area contributed by atoms with Crippen molar-refractivity contribution in [3.8, 4) is 80.6 Å². The number of nitrogens with zero attached hydrogens (tertiary/aromatic N) is 25. The Kier molecular flexibility index (Phi) is 26.0. The third kappa shape index (κ3) is 19.5. The molecule has 0 saturated carbocycles. The van der Waals surface area contributed by atoms with Crippen molar-refractivity contribution >= 4 is 35.2 Å².